The molecule has 1 fully saturated rings. The number of aromatic nitrogens is 1. The average molecular weight is 277 g/mol. The quantitative estimate of drug-likeness (QED) is 0.830. The Kier molecular flexibility index (Phi) is 3.65. The van der Waals surface area contributed by atoms with Gasteiger partial charge >= 0.3 is 7.12 Å². The van der Waals surface area contributed by atoms with Gasteiger partial charge in [-0.2, -0.15) is 0 Å². The minimum absolute atomic E-state index is 0.00614. The topological polar surface area (TPSA) is 68.4 Å². The van der Waals surface area contributed by atoms with Crippen LogP contribution in [0.5, 0.6) is 0 Å². The van der Waals surface area contributed by atoms with Crippen molar-refractivity contribution in [2.24, 2.45) is 0 Å². The second kappa shape index (κ2) is 4.86. The normalized spacial score (nSPS) is 20.1. The summed E-state index contributed by atoms with van der Waals surface area (Å²) in [5.41, 5.74) is -0.274. The largest absolute Gasteiger partial charge is 0.500 e. The van der Waals surface area contributed by atoms with Crippen molar-refractivity contribution in [3.05, 3.63) is 28.2 Å². The zero-order valence-corrected chi connectivity index (χ0v) is 12.6. The fourth-order valence-corrected chi connectivity index (χ4v) is 2.17. The van der Waals surface area contributed by atoms with Crippen LogP contribution in [-0.2, 0) is 20.5 Å². The number of carbonyl (C=O) groups is 1. The predicted octanol–water partition coefficient (Wildman–Crippen LogP) is 0.806. The molecule has 0 bridgehead atoms. The molecule has 2 heterocycles. The molecule has 1 N–H and O–H groups in total. The molecule has 0 amide bonds. The van der Waals surface area contributed by atoms with Crippen LogP contribution in [0.3, 0.4) is 0 Å². The first-order chi connectivity index (χ1) is 9.14. The maximum Gasteiger partial charge on any atom is 0.500 e. The van der Waals surface area contributed by atoms with E-state index in [2.05, 4.69) is 4.98 Å². The lowest BCUT2D eigenvalue weighted by Crippen LogP contribution is -2.47. The van der Waals surface area contributed by atoms with E-state index in [1.807, 2.05) is 27.7 Å². The third kappa shape index (κ3) is 2.58. The van der Waals surface area contributed by atoms with Crippen LogP contribution in [0.25, 0.3) is 0 Å². The maximum atomic E-state index is 12.1. The third-order valence-electron chi connectivity index (χ3n) is 4.02. The molecular formula is C14H20BNO4. The van der Waals surface area contributed by atoms with E-state index in [0.29, 0.717) is 11.0 Å². The van der Waals surface area contributed by atoms with Crippen molar-refractivity contribution in [2.75, 3.05) is 0 Å². The summed E-state index contributed by atoms with van der Waals surface area (Å²) >= 11 is 0. The number of rotatable bonds is 3. The summed E-state index contributed by atoms with van der Waals surface area (Å²) in [7, 11) is -0.751. The van der Waals surface area contributed by atoms with E-state index in [1.165, 1.54) is 13.1 Å². The molecule has 108 valence electrons. The zero-order chi connectivity index (χ0) is 15.1. The summed E-state index contributed by atoms with van der Waals surface area (Å²) in [5, 5.41) is 0. The molecular weight excluding hydrogens is 257 g/mol. The number of nitrogens with one attached hydrogen (secondary N) is 1. The second-order valence-electron chi connectivity index (χ2n) is 6.21. The Morgan fingerprint density at radius 3 is 2.30 bits per heavy atom. The van der Waals surface area contributed by atoms with Gasteiger partial charge in [0.2, 0.25) is 5.56 Å². The summed E-state index contributed by atoms with van der Waals surface area (Å²) in [6.07, 6.45) is 1.73. The molecule has 6 heteroatoms. The molecule has 1 aliphatic heterocycles. The number of ketones is 1. The molecule has 20 heavy (non-hydrogen) atoms. The van der Waals surface area contributed by atoms with Crippen molar-refractivity contribution >= 4 is 18.4 Å². The number of Topliss-reactive ketones (excluding diaryl/α,β-unsaturated/α-hetero) is 1. The first-order valence-electron chi connectivity index (χ1n) is 6.69. The number of carbonyl (C=O) groups excluding carboxylic acids is 1. The van der Waals surface area contributed by atoms with Crippen LogP contribution >= 0.6 is 0 Å². The Balaban J connectivity index is 2.44. The highest BCUT2D eigenvalue weighted by Gasteiger charge is 2.53. The predicted molar refractivity (Wildman–Crippen MR) is 77.2 cm³/mol. The van der Waals surface area contributed by atoms with Gasteiger partial charge in [0, 0.05) is 12.6 Å². The summed E-state index contributed by atoms with van der Waals surface area (Å²) in [6, 6.07) is 1.73. The molecule has 1 aromatic heterocycles. The molecule has 5 nitrogen and oxygen atoms in total. The maximum absolute atomic E-state index is 12.1. The first kappa shape index (κ1) is 15.0. The molecule has 0 unspecified atom stereocenters. The van der Waals surface area contributed by atoms with E-state index in [9.17, 15) is 9.59 Å². The lowest BCUT2D eigenvalue weighted by atomic mass is 9.76. The highest BCUT2D eigenvalue weighted by Crippen LogP contribution is 2.36. The fraction of sp³-hybridized carbons (Fsp3) is 0.571. The standard InChI is InChI=1S/C14H20BNO4/c1-9(17)8-10-6-7-16-12(18)11(10)15-19-13(2,3)14(4,5)20-15/h6-7H,8H2,1-5H3,(H,16,18). The molecule has 0 radical (unpaired) electrons. The van der Waals surface area contributed by atoms with Gasteiger partial charge in [0.1, 0.15) is 5.78 Å². The van der Waals surface area contributed by atoms with Crippen molar-refractivity contribution in [1.29, 1.82) is 0 Å². The molecule has 1 aliphatic rings. The van der Waals surface area contributed by atoms with Crippen LogP contribution in [0, 0.1) is 0 Å². The Morgan fingerprint density at radius 2 is 1.80 bits per heavy atom. The molecule has 0 atom stereocenters. The Labute approximate surface area is 118 Å². The van der Waals surface area contributed by atoms with Gasteiger partial charge in [-0.15, -0.1) is 0 Å². The van der Waals surface area contributed by atoms with Crippen LogP contribution in [0.15, 0.2) is 17.1 Å². The molecule has 1 saturated heterocycles. The number of hydrogen-bond acceptors (Lipinski definition) is 4. The van der Waals surface area contributed by atoms with Crippen LogP contribution in [0.1, 0.15) is 40.2 Å². The lowest BCUT2D eigenvalue weighted by Gasteiger charge is -2.32. The number of pyridine rings is 1. The molecule has 0 saturated carbocycles. The van der Waals surface area contributed by atoms with Gasteiger partial charge in [-0.3, -0.25) is 9.59 Å². The number of aromatic amines is 1. The fourth-order valence-electron chi connectivity index (χ4n) is 2.17. The first-order valence-corrected chi connectivity index (χ1v) is 6.69. The summed E-state index contributed by atoms with van der Waals surface area (Å²) in [5.74, 6) is -0.00614. The molecule has 0 spiro atoms. The van der Waals surface area contributed by atoms with E-state index in [1.54, 1.807) is 6.07 Å². The number of H-pyrrole nitrogens is 1. The second-order valence-corrected chi connectivity index (χ2v) is 6.21. The highest BCUT2D eigenvalue weighted by molar-refractivity contribution is 6.62. The van der Waals surface area contributed by atoms with Gasteiger partial charge in [0.05, 0.1) is 16.7 Å². The summed E-state index contributed by atoms with van der Waals surface area (Å²) in [4.78, 5) is 26.1. The van der Waals surface area contributed by atoms with Gasteiger partial charge in [-0.25, -0.2) is 0 Å². The van der Waals surface area contributed by atoms with Gasteiger partial charge in [-0.05, 0) is 46.2 Å². The molecule has 1 aromatic rings. The van der Waals surface area contributed by atoms with Crippen LogP contribution in [-0.4, -0.2) is 29.1 Å². The number of hydrogen-bond donors (Lipinski definition) is 1. The van der Waals surface area contributed by atoms with Gasteiger partial charge in [-0.1, -0.05) is 0 Å². The van der Waals surface area contributed by atoms with E-state index in [4.69, 9.17) is 9.31 Å². The van der Waals surface area contributed by atoms with Crippen molar-refractivity contribution in [3.63, 3.8) is 0 Å². The highest BCUT2D eigenvalue weighted by atomic mass is 16.7. The molecule has 2 rings (SSSR count). The minimum Gasteiger partial charge on any atom is -0.399 e. The smallest absolute Gasteiger partial charge is 0.399 e. The van der Waals surface area contributed by atoms with Crippen molar-refractivity contribution < 1.29 is 14.1 Å². The van der Waals surface area contributed by atoms with Crippen LogP contribution in [0.4, 0.5) is 0 Å². The summed E-state index contributed by atoms with van der Waals surface area (Å²) in [6.45, 7) is 9.20. The van der Waals surface area contributed by atoms with E-state index >= 15 is 0 Å². The van der Waals surface area contributed by atoms with Gasteiger partial charge < -0.3 is 14.3 Å². The van der Waals surface area contributed by atoms with Crippen molar-refractivity contribution in [1.82, 2.24) is 4.98 Å². The average Bonchev–Trinajstić information content (AvgIpc) is 2.46. The van der Waals surface area contributed by atoms with Gasteiger partial charge in [0.15, 0.2) is 0 Å². The van der Waals surface area contributed by atoms with Crippen LogP contribution in [0.2, 0.25) is 0 Å². The summed E-state index contributed by atoms with van der Waals surface area (Å²) < 4.78 is 11.8. The van der Waals surface area contributed by atoms with Gasteiger partial charge in [0.25, 0.3) is 0 Å². The Morgan fingerprint density at radius 1 is 1.25 bits per heavy atom. The van der Waals surface area contributed by atoms with Crippen molar-refractivity contribution in [2.45, 2.75) is 52.2 Å². The Hall–Kier alpha value is -1.40. The Bertz CT molecular complexity index is 575. The lowest BCUT2D eigenvalue weighted by molar-refractivity contribution is -0.116. The SMILES string of the molecule is CC(=O)Cc1cc[nH]c(=O)c1B1OC(C)(C)C(C)(C)O1. The van der Waals surface area contributed by atoms with E-state index < -0.39 is 18.3 Å². The van der Waals surface area contributed by atoms with Crippen LogP contribution < -0.4 is 11.0 Å². The monoisotopic (exact) mass is 277 g/mol. The minimum atomic E-state index is -0.751. The third-order valence-corrected chi connectivity index (χ3v) is 4.02. The molecule has 0 aliphatic carbocycles. The van der Waals surface area contributed by atoms with Crippen molar-refractivity contribution in [3.8, 4) is 0 Å². The molecule has 0 aromatic carbocycles. The zero-order valence-electron chi connectivity index (χ0n) is 12.6. The van der Waals surface area contributed by atoms with E-state index in [-0.39, 0.29) is 17.8 Å². The van der Waals surface area contributed by atoms with E-state index in [0.717, 1.165) is 0 Å².